The number of nitrogens with zero attached hydrogens (tertiary/aromatic N) is 3. The highest BCUT2D eigenvalue weighted by atomic mass is 32.2. The van der Waals surface area contributed by atoms with E-state index in [1.807, 2.05) is 54.6 Å². The molecule has 1 heterocycles. The standard InChI is InChI=1S/C26H29N3O3S/c1-33(31,32)29(25-15-7-13-23-12-5-6-14-24(23)25)21-26(30)28-19-17-27(18-20-28)16-8-11-22-9-3-2-4-10-22/h2-15H,16-21H2,1H3/b11-8+. The molecule has 0 saturated carbocycles. The maximum Gasteiger partial charge on any atom is 0.243 e. The molecule has 0 aromatic heterocycles. The number of piperazine rings is 1. The van der Waals surface area contributed by atoms with Crippen LogP contribution < -0.4 is 4.31 Å². The zero-order valence-corrected chi connectivity index (χ0v) is 19.6. The first-order valence-electron chi connectivity index (χ1n) is 11.1. The third-order valence-electron chi connectivity index (χ3n) is 5.91. The number of sulfonamides is 1. The van der Waals surface area contributed by atoms with Gasteiger partial charge in [0.25, 0.3) is 0 Å². The van der Waals surface area contributed by atoms with E-state index in [1.54, 1.807) is 11.0 Å². The molecule has 1 amide bonds. The van der Waals surface area contributed by atoms with Crippen molar-refractivity contribution in [2.24, 2.45) is 0 Å². The lowest BCUT2D eigenvalue weighted by Gasteiger charge is -2.35. The minimum atomic E-state index is -3.63. The molecular formula is C26H29N3O3S. The number of hydrogen-bond donors (Lipinski definition) is 0. The number of rotatable bonds is 7. The molecule has 33 heavy (non-hydrogen) atoms. The van der Waals surface area contributed by atoms with Crippen LogP contribution in [0, 0.1) is 0 Å². The fourth-order valence-corrected chi connectivity index (χ4v) is 4.97. The number of amides is 1. The number of carbonyl (C=O) groups excluding carboxylic acids is 1. The van der Waals surface area contributed by atoms with Crippen molar-refractivity contribution in [2.45, 2.75) is 0 Å². The van der Waals surface area contributed by atoms with Crippen LogP contribution in [0.3, 0.4) is 0 Å². The Morgan fingerprint density at radius 3 is 2.30 bits per heavy atom. The lowest BCUT2D eigenvalue weighted by atomic mass is 10.1. The zero-order chi connectivity index (χ0) is 23.3. The zero-order valence-electron chi connectivity index (χ0n) is 18.8. The van der Waals surface area contributed by atoms with Gasteiger partial charge in [-0.3, -0.25) is 14.0 Å². The largest absolute Gasteiger partial charge is 0.339 e. The Hall–Kier alpha value is -3.16. The summed E-state index contributed by atoms with van der Waals surface area (Å²) in [5.74, 6) is -0.173. The van der Waals surface area contributed by atoms with Gasteiger partial charge in [0.05, 0.1) is 11.9 Å². The van der Waals surface area contributed by atoms with Crippen LogP contribution in [0.2, 0.25) is 0 Å². The molecule has 1 saturated heterocycles. The predicted octanol–water partition coefficient (Wildman–Crippen LogP) is 3.46. The lowest BCUT2D eigenvalue weighted by Crippen LogP contribution is -2.51. The Morgan fingerprint density at radius 1 is 0.909 bits per heavy atom. The molecule has 1 aliphatic heterocycles. The molecule has 172 valence electrons. The van der Waals surface area contributed by atoms with Gasteiger partial charge in [-0.05, 0) is 17.0 Å². The van der Waals surface area contributed by atoms with Crippen LogP contribution in [-0.4, -0.2) is 69.6 Å². The van der Waals surface area contributed by atoms with Gasteiger partial charge in [-0.2, -0.15) is 0 Å². The third-order valence-corrected chi connectivity index (χ3v) is 7.04. The van der Waals surface area contributed by atoms with E-state index in [1.165, 1.54) is 9.87 Å². The van der Waals surface area contributed by atoms with Crippen molar-refractivity contribution in [1.82, 2.24) is 9.80 Å². The summed E-state index contributed by atoms with van der Waals surface area (Å²) >= 11 is 0. The number of carbonyl (C=O) groups is 1. The van der Waals surface area contributed by atoms with Crippen molar-refractivity contribution < 1.29 is 13.2 Å². The molecule has 0 bridgehead atoms. The summed E-state index contributed by atoms with van der Waals surface area (Å²) in [7, 11) is -3.63. The normalized spacial score (nSPS) is 15.2. The summed E-state index contributed by atoms with van der Waals surface area (Å²) in [6.45, 7) is 3.33. The topological polar surface area (TPSA) is 60.9 Å². The van der Waals surface area contributed by atoms with Gasteiger partial charge in [-0.15, -0.1) is 0 Å². The summed E-state index contributed by atoms with van der Waals surface area (Å²) in [6.07, 6.45) is 5.39. The quantitative estimate of drug-likeness (QED) is 0.538. The van der Waals surface area contributed by atoms with Crippen molar-refractivity contribution in [3.63, 3.8) is 0 Å². The summed E-state index contributed by atoms with van der Waals surface area (Å²) in [5.41, 5.74) is 1.70. The average molecular weight is 464 g/mol. The van der Waals surface area contributed by atoms with E-state index < -0.39 is 10.0 Å². The van der Waals surface area contributed by atoms with Crippen molar-refractivity contribution in [1.29, 1.82) is 0 Å². The Kier molecular flexibility index (Phi) is 7.11. The lowest BCUT2D eigenvalue weighted by molar-refractivity contribution is -0.131. The van der Waals surface area contributed by atoms with Gasteiger partial charge < -0.3 is 4.90 Å². The molecule has 7 heteroatoms. The van der Waals surface area contributed by atoms with E-state index in [2.05, 4.69) is 29.2 Å². The molecule has 0 atom stereocenters. The smallest absolute Gasteiger partial charge is 0.243 e. The van der Waals surface area contributed by atoms with Crippen molar-refractivity contribution in [3.8, 4) is 0 Å². The minimum absolute atomic E-state index is 0.173. The number of hydrogen-bond acceptors (Lipinski definition) is 4. The van der Waals surface area contributed by atoms with Gasteiger partial charge in [-0.25, -0.2) is 8.42 Å². The molecule has 1 aliphatic rings. The monoisotopic (exact) mass is 463 g/mol. The molecule has 1 fully saturated rings. The van der Waals surface area contributed by atoms with Gasteiger partial charge in [-0.1, -0.05) is 78.9 Å². The van der Waals surface area contributed by atoms with Crippen molar-refractivity contribution in [2.75, 3.05) is 49.8 Å². The number of benzene rings is 3. The van der Waals surface area contributed by atoms with Crippen LogP contribution in [0.4, 0.5) is 5.69 Å². The predicted molar refractivity (Wildman–Crippen MR) is 135 cm³/mol. The van der Waals surface area contributed by atoms with Gasteiger partial charge >= 0.3 is 0 Å². The SMILES string of the molecule is CS(=O)(=O)N(CC(=O)N1CCN(C/C=C/c2ccccc2)CC1)c1cccc2ccccc12. The summed E-state index contributed by atoms with van der Waals surface area (Å²) in [5, 5.41) is 1.75. The molecule has 0 aliphatic carbocycles. The maximum atomic E-state index is 13.1. The van der Waals surface area contributed by atoms with E-state index in [-0.39, 0.29) is 12.5 Å². The molecular weight excluding hydrogens is 434 g/mol. The maximum absolute atomic E-state index is 13.1. The molecule has 0 radical (unpaired) electrons. The van der Waals surface area contributed by atoms with Crippen LogP contribution in [-0.2, 0) is 14.8 Å². The van der Waals surface area contributed by atoms with Gasteiger partial charge in [0.2, 0.25) is 15.9 Å². The average Bonchev–Trinajstić information content (AvgIpc) is 2.82. The molecule has 0 unspecified atom stereocenters. The second-order valence-electron chi connectivity index (χ2n) is 8.26. The summed E-state index contributed by atoms with van der Waals surface area (Å²) in [4.78, 5) is 17.1. The first-order valence-corrected chi connectivity index (χ1v) is 12.9. The Labute approximate surface area is 195 Å². The molecule has 3 aromatic carbocycles. The van der Waals surface area contributed by atoms with E-state index in [0.29, 0.717) is 18.8 Å². The van der Waals surface area contributed by atoms with Gasteiger partial charge in [0.15, 0.2) is 0 Å². The van der Waals surface area contributed by atoms with E-state index in [9.17, 15) is 13.2 Å². The van der Waals surface area contributed by atoms with Crippen LogP contribution in [0.15, 0.2) is 78.9 Å². The highest BCUT2D eigenvalue weighted by Crippen LogP contribution is 2.28. The first kappa shape index (κ1) is 23.0. The first-order chi connectivity index (χ1) is 15.9. The Balaban J connectivity index is 1.39. The summed E-state index contributed by atoms with van der Waals surface area (Å²) < 4.78 is 26.5. The number of anilines is 1. The van der Waals surface area contributed by atoms with E-state index in [4.69, 9.17) is 0 Å². The van der Waals surface area contributed by atoms with Gasteiger partial charge in [0, 0.05) is 38.1 Å². The minimum Gasteiger partial charge on any atom is -0.339 e. The van der Waals surface area contributed by atoms with Crippen LogP contribution >= 0.6 is 0 Å². The second-order valence-corrected chi connectivity index (χ2v) is 10.2. The Morgan fingerprint density at radius 2 is 1.58 bits per heavy atom. The fourth-order valence-electron chi connectivity index (χ4n) is 4.11. The van der Waals surface area contributed by atoms with Crippen LogP contribution in [0.5, 0.6) is 0 Å². The van der Waals surface area contributed by atoms with Crippen molar-refractivity contribution in [3.05, 3.63) is 84.4 Å². The molecule has 0 N–H and O–H groups in total. The molecule has 4 rings (SSSR count). The van der Waals surface area contributed by atoms with Crippen molar-refractivity contribution >= 4 is 38.5 Å². The molecule has 0 spiro atoms. The highest BCUT2D eigenvalue weighted by Gasteiger charge is 2.27. The van der Waals surface area contributed by atoms with Crippen LogP contribution in [0.25, 0.3) is 16.8 Å². The van der Waals surface area contributed by atoms with E-state index in [0.717, 1.165) is 36.7 Å². The van der Waals surface area contributed by atoms with E-state index >= 15 is 0 Å². The summed E-state index contributed by atoms with van der Waals surface area (Å²) in [6, 6.07) is 23.3. The fraction of sp³-hybridized carbons (Fsp3) is 0.269. The Bertz CT molecular complexity index is 1230. The third kappa shape index (κ3) is 5.80. The number of fused-ring (bicyclic) bond motifs is 1. The second kappa shape index (κ2) is 10.2. The highest BCUT2D eigenvalue weighted by molar-refractivity contribution is 7.92. The molecule has 3 aromatic rings. The molecule has 6 nitrogen and oxygen atoms in total. The van der Waals surface area contributed by atoms with Gasteiger partial charge in [0.1, 0.15) is 6.54 Å². The van der Waals surface area contributed by atoms with Crippen LogP contribution in [0.1, 0.15) is 5.56 Å².